The Kier molecular flexibility index (Phi) is 8.05. The predicted octanol–water partition coefficient (Wildman–Crippen LogP) is 3.87. The Morgan fingerprint density at radius 1 is 1.00 bits per heavy atom. The maximum absolute atomic E-state index is 13.2. The topological polar surface area (TPSA) is 49.4 Å². The number of nitrogens with zero attached hydrogens (tertiary/aromatic N) is 1. The summed E-state index contributed by atoms with van der Waals surface area (Å²) in [4.78, 5) is 27.6. The molecule has 4 nitrogen and oxygen atoms in total. The Balaban J connectivity index is 2.25. The van der Waals surface area contributed by atoms with Gasteiger partial charge in [-0.25, -0.2) is 0 Å². The summed E-state index contributed by atoms with van der Waals surface area (Å²) in [7, 11) is 0. The Morgan fingerprint density at radius 2 is 1.67 bits per heavy atom. The molecule has 4 heteroatoms. The molecule has 0 bridgehead atoms. The van der Waals surface area contributed by atoms with E-state index in [1.54, 1.807) is 4.90 Å². The number of hydrogen-bond donors (Lipinski definition) is 1. The van der Waals surface area contributed by atoms with Crippen molar-refractivity contribution in [3.63, 3.8) is 0 Å². The van der Waals surface area contributed by atoms with Gasteiger partial charge in [-0.1, -0.05) is 68.4 Å². The summed E-state index contributed by atoms with van der Waals surface area (Å²) in [6, 6.07) is 17.3. The minimum Gasteiger partial charge on any atom is -0.354 e. The van der Waals surface area contributed by atoms with Gasteiger partial charge in [0.2, 0.25) is 11.8 Å². The normalized spacial score (nSPS) is 11.7. The smallest absolute Gasteiger partial charge is 0.242 e. The third kappa shape index (κ3) is 5.95. The van der Waals surface area contributed by atoms with Crippen molar-refractivity contribution in [2.24, 2.45) is 0 Å². The number of carbonyl (C=O) groups excluding carboxylic acids is 2. The Hall–Kier alpha value is -2.62. The van der Waals surface area contributed by atoms with Gasteiger partial charge in [0.1, 0.15) is 6.04 Å². The van der Waals surface area contributed by atoms with Crippen molar-refractivity contribution >= 4 is 11.8 Å². The number of aryl methyl sites for hydroxylation is 1. The van der Waals surface area contributed by atoms with Crippen molar-refractivity contribution in [1.29, 1.82) is 0 Å². The van der Waals surface area contributed by atoms with Gasteiger partial charge in [0, 0.05) is 13.1 Å². The van der Waals surface area contributed by atoms with Gasteiger partial charge in [0.05, 0.1) is 6.42 Å². The number of carbonyl (C=O) groups is 2. The summed E-state index contributed by atoms with van der Waals surface area (Å²) in [6.45, 7) is 7.04. The average Bonchev–Trinajstić information content (AvgIpc) is 2.68. The molecule has 2 aromatic carbocycles. The van der Waals surface area contributed by atoms with Gasteiger partial charge in [0.25, 0.3) is 0 Å². The lowest BCUT2D eigenvalue weighted by Crippen LogP contribution is -2.49. The van der Waals surface area contributed by atoms with Crippen LogP contribution in [0.1, 0.15) is 43.4 Å². The van der Waals surface area contributed by atoms with E-state index in [1.165, 1.54) is 0 Å². The van der Waals surface area contributed by atoms with Crippen LogP contribution in [0.15, 0.2) is 54.6 Å². The summed E-state index contributed by atoms with van der Waals surface area (Å²) in [5.41, 5.74) is 3.12. The maximum atomic E-state index is 13.2. The zero-order chi connectivity index (χ0) is 19.6. The molecule has 144 valence electrons. The van der Waals surface area contributed by atoms with Crippen LogP contribution in [0.25, 0.3) is 0 Å². The highest BCUT2D eigenvalue weighted by Crippen LogP contribution is 2.16. The number of hydrogen-bond acceptors (Lipinski definition) is 2. The van der Waals surface area contributed by atoms with E-state index in [1.807, 2.05) is 75.4 Å². The minimum atomic E-state index is -0.465. The zero-order valence-electron chi connectivity index (χ0n) is 16.6. The van der Waals surface area contributed by atoms with Crippen LogP contribution in [-0.4, -0.2) is 29.3 Å². The van der Waals surface area contributed by atoms with Crippen LogP contribution in [0.2, 0.25) is 0 Å². The zero-order valence-corrected chi connectivity index (χ0v) is 16.6. The fourth-order valence-corrected chi connectivity index (χ4v) is 3.14. The first-order valence-corrected chi connectivity index (χ1v) is 9.72. The molecule has 0 saturated heterocycles. The number of benzene rings is 2. The van der Waals surface area contributed by atoms with Crippen molar-refractivity contribution < 1.29 is 9.59 Å². The SMILES string of the molecule is CCCNC(=O)[C@H](CC)N(Cc1ccccc1)C(=O)Cc1ccccc1C. The highest BCUT2D eigenvalue weighted by molar-refractivity contribution is 5.88. The maximum Gasteiger partial charge on any atom is 0.242 e. The number of rotatable bonds is 9. The second kappa shape index (κ2) is 10.5. The van der Waals surface area contributed by atoms with Crippen LogP contribution in [0.3, 0.4) is 0 Å². The number of nitrogens with one attached hydrogen (secondary N) is 1. The first-order valence-electron chi connectivity index (χ1n) is 9.72. The molecule has 1 N–H and O–H groups in total. The van der Waals surface area contributed by atoms with Gasteiger partial charge >= 0.3 is 0 Å². The Morgan fingerprint density at radius 3 is 2.30 bits per heavy atom. The Bertz CT molecular complexity index is 743. The van der Waals surface area contributed by atoms with Crippen molar-refractivity contribution in [2.45, 2.75) is 52.6 Å². The van der Waals surface area contributed by atoms with Crippen LogP contribution >= 0.6 is 0 Å². The monoisotopic (exact) mass is 366 g/mol. The van der Waals surface area contributed by atoms with Crippen LogP contribution in [-0.2, 0) is 22.6 Å². The molecule has 0 fully saturated rings. The third-order valence-electron chi connectivity index (χ3n) is 4.73. The third-order valence-corrected chi connectivity index (χ3v) is 4.73. The standard InChI is InChI=1S/C23H30N2O2/c1-4-15-24-23(27)21(5-2)25(17-19-12-7-6-8-13-19)22(26)16-20-14-10-9-11-18(20)3/h6-14,21H,4-5,15-17H2,1-3H3,(H,24,27)/t21-/m0/s1. The summed E-state index contributed by atoms with van der Waals surface area (Å²) in [5, 5.41) is 2.95. The van der Waals surface area contributed by atoms with Gasteiger partial charge in [0.15, 0.2) is 0 Å². The highest BCUT2D eigenvalue weighted by atomic mass is 16.2. The summed E-state index contributed by atoms with van der Waals surface area (Å²) >= 11 is 0. The predicted molar refractivity (Wildman–Crippen MR) is 109 cm³/mol. The molecule has 2 rings (SSSR count). The molecule has 0 spiro atoms. The molecule has 0 aliphatic carbocycles. The van der Waals surface area contributed by atoms with E-state index < -0.39 is 6.04 Å². The van der Waals surface area contributed by atoms with Crippen LogP contribution < -0.4 is 5.32 Å². The van der Waals surface area contributed by atoms with Gasteiger partial charge in [-0.3, -0.25) is 9.59 Å². The van der Waals surface area contributed by atoms with Gasteiger partial charge < -0.3 is 10.2 Å². The minimum absolute atomic E-state index is 0.0216. The van der Waals surface area contributed by atoms with E-state index in [2.05, 4.69) is 5.32 Å². The molecule has 2 aromatic rings. The van der Waals surface area contributed by atoms with E-state index in [-0.39, 0.29) is 11.8 Å². The summed E-state index contributed by atoms with van der Waals surface area (Å²) in [5.74, 6) is -0.0972. The molecule has 0 saturated carbocycles. The molecule has 0 heterocycles. The van der Waals surface area contributed by atoms with E-state index >= 15 is 0 Å². The fraction of sp³-hybridized carbons (Fsp3) is 0.391. The first kappa shape index (κ1) is 20.7. The molecule has 1 atom stereocenters. The average molecular weight is 367 g/mol. The molecule has 0 aliphatic rings. The molecular formula is C23H30N2O2. The van der Waals surface area contributed by atoms with Gasteiger partial charge in [-0.05, 0) is 36.5 Å². The van der Waals surface area contributed by atoms with Crippen molar-refractivity contribution in [3.05, 3.63) is 71.3 Å². The van der Waals surface area contributed by atoms with Gasteiger partial charge in [-0.15, -0.1) is 0 Å². The van der Waals surface area contributed by atoms with Crippen LogP contribution in [0.5, 0.6) is 0 Å². The molecule has 0 aliphatic heterocycles. The van der Waals surface area contributed by atoms with Crippen molar-refractivity contribution in [2.75, 3.05) is 6.54 Å². The van der Waals surface area contributed by atoms with E-state index in [0.717, 1.165) is 23.1 Å². The molecule has 2 amide bonds. The van der Waals surface area contributed by atoms with Gasteiger partial charge in [-0.2, -0.15) is 0 Å². The lowest BCUT2D eigenvalue weighted by Gasteiger charge is -2.31. The van der Waals surface area contributed by atoms with Crippen molar-refractivity contribution in [1.82, 2.24) is 10.2 Å². The van der Waals surface area contributed by atoms with E-state index in [0.29, 0.717) is 25.9 Å². The highest BCUT2D eigenvalue weighted by Gasteiger charge is 2.28. The lowest BCUT2D eigenvalue weighted by molar-refractivity contribution is -0.140. The number of amides is 2. The second-order valence-corrected chi connectivity index (χ2v) is 6.83. The second-order valence-electron chi connectivity index (χ2n) is 6.83. The van der Waals surface area contributed by atoms with E-state index in [9.17, 15) is 9.59 Å². The molecule has 0 unspecified atom stereocenters. The molecule has 0 radical (unpaired) electrons. The molecular weight excluding hydrogens is 336 g/mol. The fourth-order valence-electron chi connectivity index (χ4n) is 3.14. The molecule has 0 aromatic heterocycles. The largest absolute Gasteiger partial charge is 0.354 e. The lowest BCUT2D eigenvalue weighted by atomic mass is 10.0. The van der Waals surface area contributed by atoms with Crippen molar-refractivity contribution in [3.8, 4) is 0 Å². The first-order chi connectivity index (χ1) is 13.1. The van der Waals surface area contributed by atoms with Crippen LogP contribution in [0.4, 0.5) is 0 Å². The molecule has 27 heavy (non-hydrogen) atoms. The Labute approximate surface area is 162 Å². The summed E-state index contributed by atoms with van der Waals surface area (Å²) in [6.07, 6.45) is 1.76. The van der Waals surface area contributed by atoms with E-state index in [4.69, 9.17) is 0 Å². The van der Waals surface area contributed by atoms with Crippen LogP contribution in [0, 0.1) is 6.92 Å². The quantitative estimate of drug-likeness (QED) is 0.732. The summed E-state index contributed by atoms with van der Waals surface area (Å²) < 4.78 is 0.